The lowest BCUT2D eigenvalue weighted by atomic mass is 10.0. The van der Waals surface area contributed by atoms with Crippen LogP contribution in [0, 0.1) is 11.7 Å². The summed E-state index contributed by atoms with van der Waals surface area (Å²) in [6, 6.07) is 5.85. The molecule has 0 aliphatic rings. The quantitative estimate of drug-likeness (QED) is 0.897. The van der Waals surface area contributed by atoms with Crippen molar-refractivity contribution in [2.45, 2.75) is 18.2 Å². The molecular formula is C14H16FN3O3S. The van der Waals surface area contributed by atoms with Crippen LogP contribution in [0.1, 0.15) is 12.5 Å². The lowest BCUT2D eigenvalue weighted by molar-refractivity contribution is -0.122. The molecule has 0 spiro atoms. The summed E-state index contributed by atoms with van der Waals surface area (Å²) in [5.74, 6) is -1.66. The van der Waals surface area contributed by atoms with Gasteiger partial charge in [-0.15, -0.1) is 0 Å². The summed E-state index contributed by atoms with van der Waals surface area (Å²) in [6.07, 6.45) is 2.70. The second-order valence-corrected chi connectivity index (χ2v) is 6.74. The minimum absolute atomic E-state index is 0.0821. The van der Waals surface area contributed by atoms with E-state index in [4.69, 9.17) is 0 Å². The fourth-order valence-corrected chi connectivity index (χ4v) is 3.00. The predicted molar refractivity (Wildman–Crippen MR) is 77.8 cm³/mol. The van der Waals surface area contributed by atoms with E-state index in [1.807, 2.05) is 4.72 Å². The number of nitrogens with one attached hydrogen (secondary N) is 1. The van der Waals surface area contributed by atoms with Gasteiger partial charge in [0, 0.05) is 19.2 Å². The highest BCUT2D eigenvalue weighted by molar-refractivity contribution is 7.90. The van der Waals surface area contributed by atoms with Crippen LogP contribution in [0.25, 0.3) is 0 Å². The minimum Gasteiger partial charge on any atom is -0.274 e. The summed E-state index contributed by atoms with van der Waals surface area (Å²) in [7, 11) is -2.36. The topological polar surface area (TPSA) is 81.1 Å². The van der Waals surface area contributed by atoms with E-state index in [1.54, 1.807) is 26.1 Å². The zero-order chi connectivity index (χ0) is 16.3. The van der Waals surface area contributed by atoms with Crippen LogP contribution in [0.3, 0.4) is 0 Å². The molecule has 0 radical (unpaired) electrons. The molecule has 0 bridgehead atoms. The van der Waals surface area contributed by atoms with Crippen molar-refractivity contribution in [3.63, 3.8) is 0 Å². The molecule has 0 unspecified atom stereocenters. The molecular weight excluding hydrogens is 309 g/mol. The Labute approximate surface area is 128 Å². The van der Waals surface area contributed by atoms with E-state index in [0.29, 0.717) is 5.56 Å². The van der Waals surface area contributed by atoms with Gasteiger partial charge in [-0.25, -0.2) is 17.5 Å². The van der Waals surface area contributed by atoms with E-state index in [0.717, 1.165) is 6.20 Å². The van der Waals surface area contributed by atoms with Crippen molar-refractivity contribution < 1.29 is 17.6 Å². The van der Waals surface area contributed by atoms with Gasteiger partial charge in [-0.2, -0.15) is 5.10 Å². The van der Waals surface area contributed by atoms with Gasteiger partial charge in [-0.3, -0.25) is 9.48 Å². The van der Waals surface area contributed by atoms with Crippen LogP contribution in [0.5, 0.6) is 0 Å². The van der Waals surface area contributed by atoms with Crippen LogP contribution in [-0.4, -0.2) is 24.1 Å². The van der Waals surface area contributed by atoms with Crippen molar-refractivity contribution in [3.05, 3.63) is 48.0 Å². The molecule has 8 heteroatoms. The van der Waals surface area contributed by atoms with Crippen LogP contribution in [0.2, 0.25) is 0 Å². The fourth-order valence-electron chi connectivity index (χ4n) is 1.94. The van der Waals surface area contributed by atoms with Gasteiger partial charge in [0.2, 0.25) is 5.91 Å². The first-order valence-corrected chi connectivity index (χ1v) is 8.06. The Morgan fingerprint density at radius 1 is 1.45 bits per heavy atom. The standard InChI is InChI=1S/C14H16FN3O3S/c1-10(6-11-4-3-5-12(15)7-11)14(19)17-22(20,21)13-8-16-18(2)9-13/h3-5,7-10H,6H2,1-2H3,(H,17,19)/t10-/m1/s1. The molecule has 1 aromatic heterocycles. The largest absolute Gasteiger partial charge is 0.274 e. The zero-order valence-electron chi connectivity index (χ0n) is 12.2. The Bertz CT molecular complexity index is 786. The number of aromatic nitrogens is 2. The SMILES string of the molecule is C[C@H](Cc1cccc(F)c1)C(=O)NS(=O)(=O)c1cnn(C)c1. The highest BCUT2D eigenvalue weighted by Gasteiger charge is 2.23. The lowest BCUT2D eigenvalue weighted by Gasteiger charge is -2.12. The maximum Gasteiger partial charge on any atom is 0.267 e. The second-order valence-electron chi connectivity index (χ2n) is 5.05. The molecule has 118 valence electrons. The maximum atomic E-state index is 13.1. The Morgan fingerprint density at radius 3 is 2.77 bits per heavy atom. The molecule has 1 heterocycles. The van der Waals surface area contributed by atoms with Gasteiger partial charge >= 0.3 is 0 Å². The molecule has 1 amide bonds. The summed E-state index contributed by atoms with van der Waals surface area (Å²) < 4.78 is 40.5. The molecule has 6 nitrogen and oxygen atoms in total. The van der Waals surface area contributed by atoms with Crippen LogP contribution in [0.4, 0.5) is 4.39 Å². The molecule has 1 N–H and O–H groups in total. The number of benzene rings is 1. The van der Waals surface area contributed by atoms with Gasteiger partial charge in [0.25, 0.3) is 10.0 Å². The summed E-state index contributed by atoms with van der Waals surface area (Å²) in [4.78, 5) is 11.9. The van der Waals surface area contributed by atoms with Crippen molar-refractivity contribution in [3.8, 4) is 0 Å². The number of hydrogen-bond donors (Lipinski definition) is 1. The van der Waals surface area contributed by atoms with E-state index in [-0.39, 0.29) is 11.3 Å². The van der Waals surface area contributed by atoms with E-state index in [9.17, 15) is 17.6 Å². The molecule has 0 saturated heterocycles. The molecule has 0 fully saturated rings. The molecule has 2 rings (SSSR count). The van der Waals surface area contributed by atoms with Crippen LogP contribution >= 0.6 is 0 Å². The van der Waals surface area contributed by atoms with Crippen molar-refractivity contribution in [1.29, 1.82) is 0 Å². The molecule has 0 aliphatic heterocycles. The van der Waals surface area contributed by atoms with Crippen molar-refractivity contribution in [2.24, 2.45) is 13.0 Å². The third kappa shape index (κ3) is 3.91. The number of carbonyl (C=O) groups excluding carboxylic acids is 1. The molecule has 2 aromatic rings. The first kappa shape index (κ1) is 16.2. The van der Waals surface area contributed by atoms with Gasteiger partial charge in [0.1, 0.15) is 10.7 Å². The second kappa shape index (κ2) is 6.27. The number of halogens is 1. The lowest BCUT2D eigenvalue weighted by Crippen LogP contribution is -2.35. The number of aryl methyl sites for hydroxylation is 1. The highest BCUT2D eigenvalue weighted by atomic mass is 32.2. The number of hydrogen-bond acceptors (Lipinski definition) is 4. The average Bonchev–Trinajstić information content (AvgIpc) is 2.86. The Kier molecular flexibility index (Phi) is 4.60. The molecule has 1 aromatic carbocycles. The van der Waals surface area contributed by atoms with Gasteiger partial charge in [0.15, 0.2) is 0 Å². The minimum atomic E-state index is -3.94. The molecule has 22 heavy (non-hydrogen) atoms. The van der Waals surface area contributed by atoms with E-state index in [1.165, 1.54) is 23.0 Å². The van der Waals surface area contributed by atoms with Gasteiger partial charge in [-0.05, 0) is 24.1 Å². The zero-order valence-corrected chi connectivity index (χ0v) is 13.0. The number of sulfonamides is 1. The number of rotatable bonds is 5. The van der Waals surface area contributed by atoms with Crippen LogP contribution in [0.15, 0.2) is 41.6 Å². The van der Waals surface area contributed by atoms with E-state index < -0.39 is 27.7 Å². The summed E-state index contributed by atoms with van der Waals surface area (Å²) in [5, 5.41) is 3.76. The number of carbonyl (C=O) groups is 1. The van der Waals surface area contributed by atoms with Gasteiger partial charge < -0.3 is 0 Å². The van der Waals surface area contributed by atoms with Crippen molar-refractivity contribution >= 4 is 15.9 Å². The molecule has 0 aliphatic carbocycles. The maximum absolute atomic E-state index is 13.1. The Morgan fingerprint density at radius 2 is 2.18 bits per heavy atom. The van der Waals surface area contributed by atoms with Crippen LogP contribution in [-0.2, 0) is 28.3 Å². The first-order chi connectivity index (χ1) is 10.3. The fraction of sp³-hybridized carbons (Fsp3) is 0.286. The van der Waals surface area contributed by atoms with E-state index >= 15 is 0 Å². The first-order valence-electron chi connectivity index (χ1n) is 6.57. The van der Waals surface area contributed by atoms with Crippen LogP contribution < -0.4 is 4.72 Å². The molecule has 1 atom stereocenters. The normalized spacial score (nSPS) is 12.9. The monoisotopic (exact) mass is 325 g/mol. The van der Waals surface area contributed by atoms with Gasteiger partial charge in [0.05, 0.1) is 6.20 Å². The van der Waals surface area contributed by atoms with Crippen molar-refractivity contribution in [2.75, 3.05) is 0 Å². The third-order valence-electron chi connectivity index (χ3n) is 3.10. The smallest absolute Gasteiger partial charge is 0.267 e. The number of amides is 1. The number of nitrogens with zero attached hydrogens (tertiary/aromatic N) is 2. The summed E-state index contributed by atoms with van der Waals surface area (Å²) in [5.41, 5.74) is 0.626. The Balaban J connectivity index is 2.05. The summed E-state index contributed by atoms with van der Waals surface area (Å²) in [6.45, 7) is 1.58. The Hall–Kier alpha value is -2.22. The molecule has 0 saturated carbocycles. The predicted octanol–water partition coefficient (Wildman–Crippen LogP) is 1.24. The highest BCUT2D eigenvalue weighted by Crippen LogP contribution is 2.12. The summed E-state index contributed by atoms with van der Waals surface area (Å²) >= 11 is 0. The third-order valence-corrected chi connectivity index (χ3v) is 4.41. The van der Waals surface area contributed by atoms with E-state index in [2.05, 4.69) is 5.10 Å². The van der Waals surface area contributed by atoms with Gasteiger partial charge in [-0.1, -0.05) is 19.1 Å². The average molecular weight is 325 g/mol. The van der Waals surface area contributed by atoms with Crippen molar-refractivity contribution in [1.82, 2.24) is 14.5 Å².